The standard InChI is InChI=1S/C15H11FN2OS/c16-12-3-1-11(2-4-12)9-15(19)18-13-5-7-14(8-6-13)20-10-17/h1-8H,9H2,(H,18,19). The van der Waals surface area contributed by atoms with Gasteiger partial charge in [-0.25, -0.2) is 4.39 Å². The minimum atomic E-state index is -0.320. The van der Waals surface area contributed by atoms with Crippen molar-refractivity contribution >= 4 is 23.4 Å². The van der Waals surface area contributed by atoms with E-state index in [2.05, 4.69) is 5.32 Å². The first-order valence-electron chi connectivity index (χ1n) is 5.87. The predicted octanol–water partition coefficient (Wildman–Crippen LogP) is 3.58. The molecule has 1 amide bonds. The molecular weight excluding hydrogens is 275 g/mol. The maximum Gasteiger partial charge on any atom is 0.228 e. The maximum atomic E-state index is 12.7. The average Bonchev–Trinajstić information content (AvgIpc) is 2.44. The number of rotatable bonds is 4. The van der Waals surface area contributed by atoms with E-state index in [0.717, 1.165) is 22.2 Å². The van der Waals surface area contributed by atoms with Gasteiger partial charge in [-0.3, -0.25) is 4.79 Å². The summed E-state index contributed by atoms with van der Waals surface area (Å²) in [5, 5.41) is 13.3. The minimum absolute atomic E-state index is 0.169. The Hall–Kier alpha value is -2.32. The van der Waals surface area contributed by atoms with E-state index in [0.29, 0.717) is 5.69 Å². The van der Waals surface area contributed by atoms with Gasteiger partial charge in [0.2, 0.25) is 5.91 Å². The maximum absolute atomic E-state index is 12.7. The predicted molar refractivity (Wildman–Crippen MR) is 76.6 cm³/mol. The fourth-order valence-electron chi connectivity index (χ4n) is 1.65. The first-order valence-corrected chi connectivity index (χ1v) is 6.69. The molecule has 2 aromatic carbocycles. The van der Waals surface area contributed by atoms with Crippen molar-refractivity contribution in [2.45, 2.75) is 11.3 Å². The molecule has 0 bridgehead atoms. The third-order valence-corrected chi connectivity index (χ3v) is 3.18. The van der Waals surface area contributed by atoms with Gasteiger partial charge in [0.15, 0.2) is 0 Å². The van der Waals surface area contributed by atoms with Crippen LogP contribution in [0.15, 0.2) is 53.4 Å². The lowest BCUT2D eigenvalue weighted by Gasteiger charge is -2.05. The van der Waals surface area contributed by atoms with Crippen LogP contribution in [0.3, 0.4) is 0 Å². The molecule has 0 aliphatic rings. The highest BCUT2D eigenvalue weighted by molar-refractivity contribution is 8.03. The highest BCUT2D eigenvalue weighted by atomic mass is 32.2. The van der Waals surface area contributed by atoms with Crippen molar-refractivity contribution in [2.24, 2.45) is 0 Å². The van der Waals surface area contributed by atoms with Gasteiger partial charge in [-0.1, -0.05) is 12.1 Å². The molecule has 0 spiro atoms. The van der Waals surface area contributed by atoms with Crippen LogP contribution < -0.4 is 5.32 Å². The molecule has 100 valence electrons. The van der Waals surface area contributed by atoms with Crippen LogP contribution in [-0.2, 0) is 11.2 Å². The number of nitriles is 1. The smallest absolute Gasteiger partial charge is 0.228 e. The van der Waals surface area contributed by atoms with Gasteiger partial charge in [0.05, 0.1) is 6.42 Å². The molecule has 0 saturated carbocycles. The second-order valence-electron chi connectivity index (χ2n) is 4.07. The molecule has 0 radical (unpaired) electrons. The molecule has 0 fully saturated rings. The van der Waals surface area contributed by atoms with Gasteiger partial charge in [0.1, 0.15) is 11.2 Å². The van der Waals surface area contributed by atoms with Gasteiger partial charge in [-0.05, 0) is 53.7 Å². The lowest BCUT2D eigenvalue weighted by Crippen LogP contribution is -2.14. The molecule has 0 aromatic heterocycles. The fraction of sp³-hybridized carbons (Fsp3) is 0.0667. The van der Waals surface area contributed by atoms with E-state index >= 15 is 0 Å². The molecule has 0 unspecified atom stereocenters. The third-order valence-electron chi connectivity index (χ3n) is 2.58. The second-order valence-corrected chi connectivity index (χ2v) is 4.93. The van der Waals surface area contributed by atoms with Crippen LogP contribution >= 0.6 is 11.8 Å². The van der Waals surface area contributed by atoms with Crippen molar-refractivity contribution in [3.63, 3.8) is 0 Å². The molecule has 0 heterocycles. The SMILES string of the molecule is N#CSc1ccc(NC(=O)Cc2ccc(F)cc2)cc1. The van der Waals surface area contributed by atoms with Crippen molar-refractivity contribution in [3.05, 3.63) is 59.9 Å². The molecule has 0 aliphatic heterocycles. The zero-order valence-corrected chi connectivity index (χ0v) is 11.3. The van der Waals surface area contributed by atoms with Crippen LogP contribution in [0.1, 0.15) is 5.56 Å². The topological polar surface area (TPSA) is 52.9 Å². The molecule has 20 heavy (non-hydrogen) atoms. The Morgan fingerprint density at radius 3 is 2.40 bits per heavy atom. The van der Waals surface area contributed by atoms with E-state index in [4.69, 9.17) is 5.26 Å². The highest BCUT2D eigenvalue weighted by Crippen LogP contribution is 2.19. The van der Waals surface area contributed by atoms with E-state index in [9.17, 15) is 9.18 Å². The number of nitrogens with one attached hydrogen (secondary N) is 1. The zero-order valence-electron chi connectivity index (χ0n) is 10.5. The number of thiocyanates is 1. The number of carbonyl (C=O) groups is 1. The summed E-state index contributed by atoms with van der Waals surface area (Å²) in [6.45, 7) is 0. The highest BCUT2D eigenvalue weighted by Gasteiger charge is 2.04. The monoisotopic (exact) mass is 286 g/mol. The number of halogens is 1. The number of hydrogen-bond acceptors (Lipinski definition) is 3. The van der Waals surface area contributed by atoms with Gasteiger partial charge < -0.3 is 5.32 Å². The Balaban J connectivity index is 1.94. The largest absolute Gasteiger partial charge is 0.326 e. The first kappa shape index (κ1) is 14.1. The number of amides is 1. The van der Waals surface area contributed by atoms with E-state index in [1.54, 1.807) is 36.4 Å². The Bertz CT molecular complexity index is 632. The Morgan fingerprint density at radius 2 is 1.80 bits per heavy atom. The van der Waals surface area contributed by atoms with Crippen molar-refractivity contribution in [2.75, 3.05) is 5.32 Å². The van der Waals surface area contributed by atoms with E-state index in [1.807, 2.05) is 5.40 Å². The molecule has 0 aliphatic carbocycles. The van der Waals surface area contributed by atoms with Crippen LogP contribution in [0.2, 0.25) is 0 Å². The molecule has 0 saturated heterocycles. The van der Waals surface area contributed by atoms with Crippen molar-refractivity contribution < 1.29 is 9.18 Å². The summed E-state index contributed by atoms with van der Waals surface area (Å²) in [5.74, 6) is -0.489. The van der Waals surface area contributed by atoms with E-state index < -0.39 is 0 Å². The molecule has 0 atom stereocenters. The van der Waals surface area contributed by atoms with Crippen LogP contribution in [0.5, 0.6) is 0 Å². The molecule has 1 N–H and O–H groups in total. The first-order chi connectivity index (χ1) is 9.67. The second kappa shape index (κ2) is 6.73. The molecule has 5 heteroatoms. The number of carbonyl (C=O) groups excluding carboxylic acids is 1. The van der Waals surface area contributed by atoms with Crippen molar-refractivity contribution in [1.82, 2.24) is 0 Å². The lowest BCUT2D eigenvalue weighted by molar-refractivity contribution is -0.115. The zero-order chi connectivity index (χ0) is 14.4. The Morgan fingerprint density at radius 1 is 1.15 bits per heavy atom. The quantitative estimate of drug-likeness (QED) is 0.690. The summed E-state index contributed by atoms with van der Waals surface area (Å²) in [7, 11) is 0. The van der Waals surface area contributed by atoms with Crippen LogP contribution in [0.4, 0.5) is 10.1 Å². The fourth-order valence-corrected chi connectivity index (χ4v) is 2.03. The summed E-state index contributed by atoms with van der Waals surface area (Å²) < 4.78 is 12.7. The number of benzene rings is 2. The summed E-state index contributed by atoms with van der Waals surface area (Å²) in [4.78, 5) is 12.6. The van der Waals surface area contributed by atoms with Crippen LogP contribution in [0.25, 0.3) is 0 Å². The van der Waals surface area contributed by atoms with Crippen molar-refractivity contribution in [3.8, 4) is 5.40 Å². The van der Waals surface area contributed by atoms with Crippen LogP contribution in [-0.4, -0.2) is 5.91 Å². The van der Waals surface area contributed by atoms with E-state index in [-0.39, 0.29) is 18.1 Å². The lowest BCUT2D eigenvalue weighted by atomic mass is 10.1. The molecular formula is C15H11FN2OS. The van der Waals surface area contributed by atoms with E-state index in [1.165, 1.54) is 12.1 Å². The molecule has 2 rings (SSSR count). The summed E-state index contributed by atoms with van der Waals surface area (Å²) in [6, 6.07) is 12.8. The summed E-state index contributed by atoms with van der Waals surface area (Å²) >= 11 is 1.06. The average molecular weight is 286 g/mol. The Labute approximate surface area is 120 Å². The van der Waals surface area contributed by atoms with Gasteiger partial charge in [-0.15, -0.1) is 0 Å². The normalized spacial score (nSPS) is 9.80. The van der Waals surface area contributed by atoms with Gasteiger partial charge in [0, 0.05) is 10.6 Å². The number of anilines is 1. The third kappa shape index (κ3) is 4.11. The molecule has 3 nitrogen and oxygen atoms in total. The molecule has 2 aromatic rings. The summed E-state index contributed by atoms with van der Waals surface area (Å²) in [6.07, 6.45) is 0.189. The Kier molecular flexibility index (Phi) is 4.75. The van der Waals surface area contributed by atoms with Gasteiger partial charge in [-0.2, -0.15) is 5.26 Å². The number of thioether (sulfide) groups is 1. The van der Waals surface area contributed by atoms with Gasteiger partial charge >= 0.3 is 0 Å². The van der Waals surface area contributed by atoms with Gasteiger partial charge in [0.25, 0.3) is 0 Å². The summed E-state index contributed by atoms with van der Waals surface area (Å²) in [5.41, 5.74) is 1.42. The number of nitrogens with zero attached hydrogens (tertiary/aromatic N) is 1. The van der Waals surface area contributed by atoms with Crippen molar-refractivity contribution in [1.29, 1.82) is 5.26 Å². The van der Waals surface area contributed by atoms with Crippen LogP contribution in [0, 0.1) is 16.5 Å². The minimum Gasteiger partial charge on any atom is -0.326 e. The number of hydrogen-bond donors (Lipinski definition) is 1.